The highest BCUT2D eigenvalue weighted by Crippen LogP contribution is 2.29. The van der Waals surface area contributed by atoms with Gasteiger partial charge in [0.15, 0.2) is 0 Å². The molecule has 1 saturated heterocycles. The van der Waals surface area contributed by atoms with Crippen molar-refractivity contribution in [2.24, 2.45) is 0 Å². The lowest BCUT2D eigenvalue weighted by atomic mass is 10.0. The molecule has 1 fully saturated rings. The first kappa shape index (κ1) is 11.0. The van der Waals surface area contributed by atoms with Crippen molar-refractivity contribution in [1.82, 2.24) is 5.32 Å². The topological polar surface area (TPSA) is 21.3 Å². The summed E-state index contributed by atoms with van der Waals surface area (Å²) >= 11 is 3.40. The van der Waals surface area contributed by atoms with E-state index in [9.17, 15) is 4.39 Å². The van der Waals surface area contributed by atoms with Gasteiger partial charge >= 0.3 is 0 Å². The third-order valence-corrected chi connectivity index (χ3v) is 3.50. The summed E-state index contributed by atoms with van der Waals surface area (Å²) in [7, 11) is 0. The lowest BCUT2D eigenvalue weighted by Crippen LogP contribution is -2.34. The van der Waals surface area contributed by atoms with E-state index in [4.69, 9.17) is 4.74 Å². The molecule has 1 aromatic carbocycles. The third kappa shape index (κ3) is 2.22. The molecule has 0 spiro atoms. The van der Waals surface area contributed by atoms with Crippen LogP contribution in [0.3, 0.4) is 0 Å². The predicted molar refractivity (Wildman–Crippen MR) is 60.4 cm³/mol. The molecule has 1 unspecified atom stereocenters. The fourth-order valence-electron chi connectivity index (χ4n) is 1.81. The summed E-state index contributed by atoms with van der Waals surface area (Å²) < 4.78 is 20.2. The maximum absolute atomic E-state index is 13.7. The monoisotopic (exact) mass is 273 g/mol. The molecule has 1 heterocycles. The Balaban J connectivity index is 2.36. The molecule has 2 rings (SSSR count). The Morgan fingerprint density at radius 3 is 3.00 bits per heavy atom. The van der Waals surface area contributed by atoms with Crippen LogP contribution in [0.5, 0.6) is 0 Å². The van der Waals surface area contributed by atoms with Gasteiger partial charge in [-0.05, 0) is 24.6 Å². The van der Waals surface area contributed by atoms with Gasteiger partial charge in [-0.3, -0.25) is 0 Å². The summed E-state index contributed by atoms with van der Waals surface area (Å²) in [5, 5.41) is 3.20. The van der Waals surface area contributed by atoms with Crippen molar-refractivity contribution in [2.45, 2.75) is 13.0 Å². The van der Waals surface area contributed by atoms with Crippen LogP contribution in [-0.2, 0) is 4.74 Å². The van der Waals surface area contributed by atoms with E-state index in [1.807, 2.05) is 6.92 Å². The Kier molecular flexibility index (Phi) is 3.38. The first-order valence-corrected chi connectivity index (χ1v) is 5.76. The normalized spacial score (nSPS) is 21.7. The molecule has 1 N–H and O–H groups in total. The van der Waals surface area contributed by atoms with Gasteiger partial charge in [0.25, 0.3) is 0 Å². The first-order valence-electron chi connectivity index (χ1n) is 4.97. The van der Waals surface area contributed by atoms with Crippen LogP contribution in [0.15, 0.2) is 16.6 Å². The van der Waals surface area contributed by atoms with Gasteiger partial charge in [0.05, 0.1) is 12.7 Å². The van der Waals surface area contributed by atoms with Crippen LogP contribution >= 0.6 is 15.9 Å². The van der Waals surface area contributed by atoms with E-state index in [1.165, 1.54) is 6.07 Å². The van der Waals surface area contributed by atoms with E-state index in [-0.39, 0.29) is 11.9 Å². The second kappa shape index (κ2) is 4.60. The van der Waals surface area contributed by atoms with Gasteiger partial charge in [0.2, 0.25) is 0 Å². The Morgan fingerprint density at radius 2 is 2.33 bits per heavy atom. The van der Waals surface area contributed by atoms with Crippen LogP contribution in [0.1, 0.15) is 17.2 Å². The summed E-state index contributed by atoms with van der Waals surface area (Å²) in [5.41, 5.74) is 1.58. The Morgan fingerprint density at radius 1 is 1.53 bits per heavy atom. The van der Waals surface area contributed by atoms with E-state index in [1.54, 1.807) is 6.07 Å². The molecule has 0 amide bonds. The zero-order valence-electron chi connectivity index (χ0n) is 8.52. The lowest BCUT2D eigenvalue weighted by molar-refractivity contribution is 0.0251. The molecule has 4 heteroatoms. The predicted octanol–water partition coefficient (Wildman–Crippen LogP) is 2.56. The number of ether oxygens (including phenoxy) is 1. The molecular weight excluding hydrogens is 261 g/mol. The van der Waals surface area contributed by atoms with Gasteiger partial charge in [0.1, 0.15) is 5.82 Å². The summed E-state index contributed by atoms with van der Waals surface area (Å²) in [5.74, 6) is -0.190. The SMILES string of the molecule is Cc1c(Br)ccc(F)c1C1CNCCO1. The Labute approximate surface area is 96.9 Å². The molecule has 0 aliphatic carbocycles. The highest BCUT2D eigenvalue weighted by Gasteiger charge is 2.22. The number of rotatable bonds is 1. The zero-order chi connectivity index (χ0) is 10.8. The van der Waals surface area contributed by atoms with Gasteiger partial charge in [-0.2, -0.15) is 0 Å². The number of halogens is 2. The molecule has 1 aliphatic heterocycles. The minimum atomic E-state index is -0.190. The first-order chi connectivity index (χ1) is 7.20. The molecule has 2 nitrogen and oxygen atoms in total. The van der Waals surface area contributed by atoms with Gasteiger partial charge < -0.3 is 10.1 Å². The van der Waals surface area contributed by atoms with E-state index in [2.05, 4.69) is 21.2 Å². The van der Waals surface area contributed by atoms with Crippen molar-refractivity contribution in [3.8, 4) is 0 Å². The molecular formula is C11H13BrFNO. The Hall–Kier alpha value is -0.450. The van der Waals surface area contributed by atoms with Gasteiger partial charge in [-0.1, -0.05) is 15.9 Å². The van der Waals surface area contributed by atoms with E-state index >= 15 is 0 Å². The van der Waals surface area contributed by atoms with Crippen LogP contribution in [0.2, 0.25) is 0 Å². The molecule has 1 atom stereocenters. The van der Waals surface area contributed by atoms with Crippen molar-refractivity contribution < 1.29 is 9.13 Å². The van der Waals surface area contributed by atoms with Crippen LogP contribution in [0.4, 0.5) is 4.39 Å². The molecule has 82 valence electrons. The fraction of sp³-hybridized carbons (Fsp3) is 0.455. The number of benzene rings is 1. The second-order valence-electron chi connectivity index (χ2n) is 3.63. The average Bonchev–Trinajstić information content (AvgIpc) is 2.26. The summed E-state index contributed by atoms with van der Waals surface area (Å²) in [6.45, 7) is 4.05. The lowest BCUT2D eigenvalue weighted by Gasteiger charge is -2.26. The number of hydrogen-bond donors (Lipinski definition) is 1. The van der Waals surface area contributed by atoms with E-state index in [0.29, 0.717) is 18.7 Å². The minimum absolute atomic E-state index is 0.170. The molecule has 1 aliphatic rings. The summed E-state index contributed by atoms with van der Waals surface area (Å²) in [4.78, 5) is 0. The highest BCUT2D eigenvalue weighted by atomic mass is 79.9. The van der Waals surface area contributed by atoms with Crippen LogP contribution in [-0.4, -0.2) is 19.7 Å². The minimum Gasteiger partial charge on any atom is -0.371 e. The van der Waals surface area contributed by atoms with Gasteiger partial charge in [-0.15, -0.1) is 0 Å². The van der Waals surface area contributed by atoms with Crippen molar-refractivity contribution in [1.29, 1.82) is 0 Å². The second-order valence-corrected chi connectivity index (χ2v) is 4.49. The smallest absolute Gasteiger partial charge is 0.129 e. The number of morpholine rings is 1. The van der Waals surface area contributed by atoms with Crippen molar-refractivity contribution in [3.05, 3.63) is 33.5 Å². The quantitative estimate of drug-likeness (QED) is 0.849. The summed E-state index contributed by atoms with van der Waals surface area (Å²) in [6.07, 6.45) is -0.170. The van der Waals surface area contributed by atoms with Crippen LogP contribution < -0.4 is 5.32 Å². The fourth-order valence-corrected chi connectivity index (χ4v) is 2.16. The standard InChI is InChI=1S/C11H13BrFNO/c1-7-8(12)2-3-9(13)11(7)10-6-14-4-5-15-10/h2-3,10,14H,4-6H2,1H3. The maximum Gasteiger partial charge on any atom is 0.129 e. The highest BCUT2D eigenvalue weighted by molar-refractivity contribution is 9.10. The maximum atomic E-state index is 13.7. The van der Waals surface area contributed by atoms with Gasteiger partial charge in [0, 0.05) is 23.1 Å². The number of nitrogens with one attached hydrogen (secondary N) is 1. The van der Waals surface area contributed by atoms with Gasteiger partial charge in [-0.25, -0.2) is 4.39 Å². The van der Waals surface area contributed by atoms with E-state index in [0.717, 1.165) is 16.6 Å². The van der Waals surface area contributed by atoms with Crippen molar-refractivity contribution in [2.75, 3.05) is 19.7 Å². The molecule has 15 heavy (non-hydrogen) atoms. The molecule has 1 aromatic rings. The third-order valence-electron chi connectivity index (χ3n) is 2.65. The molecule has 0 bridgehead atoms. The molecule has 0 saturated carbocycles. The molecule has 0 radical (unpaired) electrons. The van der Waals surface area contributed by atoms with Crippen molar-refractivity contribution >= 4 is 15.9 Å². The van der Waals surface area contributed by atoms with Crippen LogP contribution in [0, 0.1) is 12.7 Å². The number of hydrogen-bond acceptors (Lipinski definition) is 2. The molecule has 0 aromatic heterocycles. The van der Waals surface area contributed by atoms with Crippen LogP contribution in [0.25, 0.3) is 0 Å². The Bertz CT molecular complexity index is 364. The van der Waals surface area contributed by atoms with Crippen molar-refractivity contribution in [3.63, 3.8) is 0 Å². The average molecular weight is 274 g/mol. The largest absolute Gasteiger partial charge is 0.371 e. The zero-order valence-corrected chi connectivity index (χ0v) is 10.1. The van der Waals surface area contributed by atoms with E-state index < -0.39 is 0 Å². The summed E-state index contributed by atoms with van der Waals surface area (Å²) in [6, 6.07) is 3.20.